The van der Waals surface area contributed by atoms with Crippen molar-refractivity contribution in [1.82, 2.24) is 19.6 Å². The average molecular weight is 1460 g/mol. The quantitative estimate of drug-likeness (QED) is 0.0488. The summed E-state index contributed by atoms with van der Waals surface area (Å²) in [5.74, 6) is 1.70. The number of ether oxygens (including phenoxy) is 11. The van der Waals surface area contributed by atoms with Gasteiger partial charge in [0, 0.05) is 75.3 Å². The molecular formula is C81H82N8O18. The first-order valence-corrected chi connectivity index (χ1v) is 35.0. The molecule has 0 aromatic heterocycles. The van der Waals surface area contributed by atoms with Gasteiger partial charge in [-0.3, -0.25) is 39.1 Å². The highest BCUT2D eigenvalue weighted by atomic mass is 16.6. The van der Waals surface area contributed by atoms with Crippen molar-refractivity contribution in [3.8, 4) is 57.5 Å². The maximum Gasteiger partial charge on any atom is 0.343 e. The Hall–Kier alpha value is -12.2. The lowest BCUT2D eigenvalue weighted by molar-refractivity contribution is -0.143. The monoisotopic (exact) mass is 1450 g/mol. The molecule has 8 heterocycles. The molecule has 0 spiro atoms. The van der Waals surface area contributed by atoms with Crippen molar-refractivity contribution in [2.75, 3.05) is 74.9 Å². The number of esters is 1. The predicted octanol–water partition coefficient (Wildman–Crippen LogP) is 12.2. The molecule has 1 N–H and O–H groups in total. The summed E-state index contributed by atoms with van der Waals surface area (Å²) in [6, 6.07) is 23.6. The number of carboxylic acid groups (broad SMARTS) is 1. The van der Waals surface area contributed by atoms with Gasteiger partial charge in [0.15, 0.2) is 59.2 Å². The van der Waals surface area contributed by atoms with Gasteiger partial charge in [-0.05, 0) is 136 Å². The van der Waals surface area contributed by atoms with Gasteiger partial charge >= 0.3 is 11.9 Å². The van der Waals surface area contributed by atoms with Gasteiger partial charge in [-0.1, -0.05) is 46.6 Å². The van der Waals surface area contributed by atoms with E-state index in [1.807, 2.05) is 96.2 Å². The van der Waals surface area contributed by atoms with Crippen molar-refractivity contribution in [2.45, 2.75) is 104 Å². The smallest absolute Gasteiger partial charge is 0.343 e. The van der Waals surface area contributed by atoms with Gasteiger partial charge < -0.3 is 76.8 Å². The molecule has 8 aliphatic heterocycles. The summed E-state index contributed by atoms with van der Waals surface area (Å²) in [7, 11) is 7.34. The van der Waals surface area contributed by atoms with Gasteiger partial charge in [0.2, 0.25) is 0 Å². The Balaban J connectivity index is 0.000000189. The van der Waals surface area contributed by atoms with Crippen LogP contribution in [0.15, 0.2) is 151 Å². The summed E-state index contributed by atoms with van der Waals surface area (Å²) >= 11 is 0. The summed E-state index contributed by atoms with van der Waals surface area (Å²) in [5, 5.41) is 9.28. The first kappa shape index (κ1) is 73.1. The van der Waals surface area contributed by atoms with E-state index in [1.165, 1.54) is 57.8 Å². The molecule has 107 heavy (non-hydrogen) atoms. The lowest BCUT2D eigenvalue weighted by Crippen LogP contribution is -2.35. The molecule has 554 valence electrons. The maximum absolute atomic E-state index is 13.5. The molecule has 0 saturated carbocycles. The second-order valence-corrected chi connectivity index (χ2v) is 26.5. The number of hydrogen-bond acceptors (Lipinski definition) is 21. The Kier molecular flexibility index (Phi) is 21.9. The number of allylic oxidation sites excluding steroid dienone is 4. The van der Waals surface area contributed by atoms with Crippen LogP contribution in [0.4, 0.5) is 22.7 Å². The summed E-state index contributed by atoms with van der Waals surface area (Å²) in [5.41, 5.74) is 11.2. The third-order valence-electron chi connectivity index (χ3n) is 19.8. The second kappa shape index (κ2) is 32.0. The Bertz CT molecular complexity index is 4550. The van der Waals surface area contributed by atoms with Gasteiger partial charge in [0.25, 0.3) is 23.6 Å². The Morgan fingerprint density at radius 1 is 0.374 bits per heavy atom. The van der Waals surface area contributed by atoms with E-state index < -0.39 is 18.5 Å². The number of aliphatic carboxylic acids is 1. The van der Waals surface area contributed by atoms with Crippen LogP contribution in [-0.4, -0.2) is 184 Å². The zero-order valence-electron chi connectivity index (χ0n) is 60.9. The average Bonchev–Trinajstić information content (AvgIpc) is 1.67. The largest absolute Gasteiger partial charge is 0.493 e. The fraction of sp³-hybridized carbons (Fsp3) is 0.333. The molecule has 4 amide bonds. The highest BCUT2D eigenvalue weighted by molar-refractivity contribution is 6.07. The van der Waals surface area contributed by atoms with Gasteiger partial charge in [0.05, 0.1) is 105 Å². The van der Waals surface area contributed by atoms with Crippen molar-refractivity contribution in [1.29, 1.82) is 0 Å². The molecule has 4 fully saturated rings. The standard InChI is InChI=1S/C41H42N4O9.C40H40N4O9/c1-6-24-9-28-17-42-33-15-37(35(49-3)13-31(33)40(47)44(28)19-24)53-21-26-8-27(12-30(11-26)52-23-39(46)51-5)22-54-38-16-34-32(14-36(38)50-4)41(48)45-20-25(7-2)10-29(45)18-43-34;1-5-23-8-27-16-41-32-14-36(34(49-3)12-30(32)39(47)43(27)18-23)52-20-25-7-26(11-29(10-25)51-22-38(45)46)21-53-37-15-33-31(13-35(37)50-4)40(48)44-19-24(6-2)9-28(44)17-42-33/h6-8,11-18,28-29H,9-10,19-23H2,1-5H3;5-7,10-17,27-28H,8-9,18-22H2,1-4H3,(H,45,46)/b24-6+,25-7+;23-5+,24-6+/t28-,29-;27-,28-/m00/s1. The molecule has 8 aliphatic rings. The number of benzene rings is 6. The van der Waals surface area contributed by atoms with Crippen LogP contribution in [0, 0.1) is 0 Å². The number of carboxylic acids is 1. The van der Waals surface area contributed by atoms with E-state index in [-0.39, 0.29) is 80.8 Å². The minimum atomic E-state index is -1.12. The fourth-order valence-electron chi connectivity index (χ4n) is 14.0. The third-order valence-corrected chi connectivity index (χ3v) is 19.8. The molecule has 6 aromatic rings. The zero-order chi connectivity index (χ0) is 75.2. The number of rotatable bonds is 22. The van der Waals surface area contributed by atoms with Crippen molar-refractivity contribution in [3.05, 3.63) is 176 Å². The molecule has 14 rings (SSSR count). The molecule has 6 aromatic carbocycles. The molecule has 0 aliphatic carbocycles. The molecule has 26 heteroatoms. The van der Waals surface area contributed by atoms with Crippen LogP contribution in [0.5, 0.6) is 57.5 Å². The van der Waals surface area contributed by atoms with E-state index in [4.69, 9.17) is 52.1 Å². The lowest BCUT2D eigenvalue weighted by Gasteiger charge is -2.20. The van der Waals surface area contributed by atoms with Gasteiger partial charge in [0.1, 0.15) is 37.9 Å². The maximum atomic E-state index is 13.5. The summed E-state index contributed by atoms with van der Waals surface area (Å²) in [6.45, 7) is 9.59. The van der Waals surface area contributed by atoms with Crippen molar-refractivity contribution in [3.63, 3.8) is 0 Å². The summed E-state index contributed by atoms with van der Waals surface area (Å²) in [4.78, 5) is 103. The van der Waals surface area contributed by atoms with Crippen LogP contribution in [0.25, 0.3) is 0 Å². The van der Waals surface area contributed by atoms with Gasteiger partial charge in [-0.25, -0.2) is 9.59 Å². The first-order chi connectivity index (χ1) is 51.9. The second-order valence-electron chi connectivity index (χ2n) is 26.5. The molecule has 4 saturated heterocycles. The van der Waals surface area contributed by atoms with Crippen molar-refractivity contribution in [2.24, 2.45) is 20.0 Å². The number of aliphatic imine (C=N–C) groups is 4. The Labute approximate surface area is 618 Å². The summed E-state index contributed by atoms with van der Waals surface area (Å²) in [6.07, 6.45) is 18.4. The van der Waals surface area contributed by atoms with E-state index in [2.05, 4.69) is 20.0 Å². The molecule has 26 nitrogen and oxygen atoms in total. The number of carbonyl (C=O) groups excluding carboxylic acids is 5. The number of hydrogen-bond donors (Lipinski definition) is 1. The minimum Gasteiger partial charge on any atom is -0.493 e. The van der Waals surface area contributed by atoms with Crippen LogP contribution in [0.3, 0.4) is 0 Å². The molecule has 0 bridgehead atoms. The first-order valence-electron chi connectivity index (χ1n) is 35.0. The Morgan fingerprint density at radius 2 is 0.636 bits per heavy atom. The van der Waals surface area contributed by atoms with Crippen molar-refractivity contribution >= 4 is 83.2 Å². The van der Waals surface area contributed by atoms with Gasteiger partial charge in [-0.2, -0.15) is 0 Å². The van der Waals surface area contributed by atoms with E-state index in [9.17, 15) is 33.9 Å². The normalized spacial score (nSPS) is 20.0. The van der Waals surface area contributed by atoms with E-state index in [0.29, 0.717) is 151 Å². The molecule has 4 atom stereocenters. The van der Waals surface area contributed by atoms with Crippen LogP contribution in [0.2, 0.25) is 0 Å². The van der Waals surface area contributed by atoms with Gasteiger partial charge in [-0.15, -0.1) is 0 Å². The SMILES string of the molecule is C/C=C1\C[C@H]2C=Nc3cc(OCc4cc(COc5cc6c(cc5OC)C(=O)N5C/C(=C/C)C[C@H]5C=N6)cc(OCC(=O)O)c4)c(OC)cc3C(=O)N2C1.C/C=C1\C[C@H]2C=Nc3cc(OCc4cc(COc5cc6c(cc5OC)C(=O)N5C/C(=C/C)C[C@H]5C=N6)cc(OCC(=O)OC)c4)c(OC)cc3C(=O)N2C1. The fourth-order valence-corrected chi connectivity index (χ4v) is 14.0. The zero-order valence-corrected chi connectivity index (χ0v) is 60.9. The number of fused-ring (bicyclic) bond motifs is 8. The van der Waals surface area contributed by atoms with Crippen molar-refractivity contribution < 1.29 is 86.0 Å². The highest BCUT2D eigenvalue weighted by Gasteiger charge is 2.39. The number of methoxy groups -OCH3 is 5. The number of carbonyl (C=O) groups is 6. The number of amides is 4. The van der Waals surface area contributed by atoms with E-state index in [1.54, 1.807) is 85.2 Å². The Morgan fingerprint density at radius 3 is 0.869 bits per heavy atom. The minimum absolute atomic E-state index is 0.0507. The summed E-state index contributed by atoms with van der Waals surface area (Å²) < 4.78 is 63.7. The predicted molar refractivity (Wildman–Crippen MR) is 398 cm³/mol. The van der Waals surface area contributed by atoms with Crippen LogP contribution < -0.4 is 47.4 Å². The third kappa shape index (κ3) is 15.8. The van der Waals surface area contributed by atoms with E-state index >= 15 is 0 Å². The molecule has 0 radical (unpaired) electrons. The topological polar surface area (TPSA) is 287 Å². The number of nitrogens with zero attached hydrogens (tertiary/aromatic N) is 8. The van der Waals surface area contributed by atoms with Crippen LogP contribution >= 0.6 is 0 Å². The highest BCUT2D eigenvalue weighted by Crippen LogP contribution is 2.45. The molecule has 0 unspecified atom stereocenters. The van der Waals surface area contributed by atoms with Crippen LogP contribution in [-0.2, 0) is 40.8 Å². The lowest BCUT2D eigenvalue weighted by atomic mass is 10.1. The van der Waals surface area contributed by atoms with Crippen LogP contribution in [0.1, 0.15) is 117 Å². The van der Waals surface area contributed by atoms with E-state index in [0.717, 1.165) is 25.7 Å². The molecular weight excluding hydrogens is 1370 g/mol.